The standard InChI is InChI=1S/C12H12N6O5/c1-23-10-4-8(2-3-9(10)19)5-14-15-11(20)6-17-7-13-12(16-17)18(21)22/h2-5,7,19H,6H2,1H3,(H,15,20)/b14-5-. The van der Waals surface area contributed by atoms with E-state index in [0.29, 0.717) is 5.56 Å². The van der Waals surface area contributed by atoms with Gasteiger partial charge < -0.3 is 20.0 Å². The number of benzene rings is 1. The number of amides is 1. The number of nitrogens with zero attached hydrogens (tertiary/aromatic N) is 5. The van der Waals surface area contributed by atoms with Gasteiger partial charge in [0.25, 0.3) is 5.91 Å². The van der Waals surface area contributed by atoms with Gasteiger partial charge in [-0.3, -0.25) is 4.79 Å². The SMILES string of the molecule is COc1cc(/C=N\NC(=O)Cn2cnc([N+](=O)[O-])n2)ccc1O. The number of phenolic OH excluding ortho intramolecular Hbond substituents is 1. The van der Waals surface area contributed by atoms with Crippen molar-refractivity contribution in [2.24, 2.45) is 5.10 Å². The van der Waals surface area contributed by atoms with Gasteiger partial charge in [0, 0.05) is 5.10 Å². The van der Waals surface area contributed by atoms with E-state index in [0.717, 1.165) is 11.0 Å². The number of methoxy groups -OCH3 is 1. The van der Waals surface area contributed by atoms with Gasteiger partial charge in [-0.25, -0.2) is 5.43 Å². The topological polar surface area (TPSA) is 145 Å². The second-order valence-corrected chi connectivity index (χ2v) is 4.22. The Labute approximate surface area is 129 Å². The molecule has 1 heterocycles. The number of aromatic nitrogens is 3. The molecule has 0 bridgehead atoms. The average Bonchev–Trinajstić information content (AvgIpc) is 2.97. The normalized spacial score (nSPS) is 10.7. The molecule has 0 aliphatic carbocycles. The largest absolute Gasteiger partial charge is 0.504 e. The van der Waals surface area contributed by atoms with Crippen LogP contribution in [0.2, 0.25) is 0 Å². The van der Waals surface area contributed by atoms with Crippen LogP contribution in [0.1, 0.15) is 5.56 Å². The second kappa shape index (κ2) is 6.98. The minimum atomic E-state index is -0.759. The van der Waals surface area contributed by atoms with Crippen LogP contribution in [0.25, 0.3) is 0 Å². The Kier molecular flexibility index (Phi) is 4.82. The lowest BCUT2D eigenvalue weighted by molar-refractivity contribution is -0.394. The molecule has 0 unspecified atom stereocenters. The maximum Gasteiger partial charge on any atom is 0.490 e. The number of ether oxygens (including phenoxy) is 1. The lowest BCUT2D eigenvalue weighted by Gasteiger charge is -2.03. The monoisotopic (exact) mass is 320 g/mol. The van der Waals surface area contributed by atoms with E-state index >= 15 is 0 Å². The summed E-state index contributed by atoms with van der Waals surface area (Å²) < 4.78 is 5.96. The van der Waals surface area contributed by atoms with E-state index in [1.807, 2.05) is 0 Å². The molecule has 0 saturated heterocycles. The fraction of sp³-hybridized carbons (Fsp3) is 0.167. The molecular formula is C12H12N6O5. The summed E-state index contributed by atoms with van der Waals surface area (Å²) in [6, 6.07) is 4.54. The molecule has 2 N–H and O–H groups in total. The van der Waals surface area contributed by atoms with Crippen LogP contribution in [0.15, 0.2) is 29.6 Å². The summed E-state index contributed by atoms with van der Waals surface area (Å²) in [6.07, 6.45) is 2.43. The van der Waals surface area contributed by atoms with Crippen LogP contribution in [0, 0.1) is 10.1 Å². The molecule has 1 amide bonds. The number of aromatic hydroxyl groups is 1. The van der Waals surface area contributed by atoms with E-state index in [9.17, 15) is 20.0 Å². The highest BCUT2D eigenvalue weighted by Crippen LogP contribution is 2.25. The highest BCUT2D eigenvalue weighted by molar-refractivity contribution is 5.83. The van der Waals surface area contributed by atoms with Crippen LogP contribution in [0.3, 0.4) is 0 Å². The molecule has 1 aromatic carbocycles. The Morgan fingerprint density at radius 2 is 2.39 bits per heavy atom. The molecule has 120 valence electrons. The van der Waals surface area contributed by atoms with Crippen LogP contribution >= 0.6 is 0 Å². The first kappa shape index (κ1) is 15.9. The third kappa shape index (κ3) is 4.23. The van der Waals surface area contributed by atoms with E-state index < -0.39 is 16.8 Å². The molecule has 11 nitrogen and oxygen atoms in total. The maximum atomic E-state index is 11.6. The fourth-order valence-corrected chi connectivity index (χ4v) is 1.58. The van der Waals surface area contributed by atoms with Gasteiger partial charge in [0.2, 0.25) is 6.33 Å². The van der Waals surface area contributed by atoms with Crippen molar-refractivity contribution < 1.29 is 19.6 Å². The smallest absolute Gasteiger partial charge is 0.490 e. The molecule has 0 spiro atoms. The van der Waals surface area contributed by atoms with E-state index in [1.54, 1.807) is 6.07 Å². The van der Waals surface area contributed by atoms with Gasteiger partial charge in [0.15, 0.2) is 11.5 Å². The molecule has 0 radical (unpaired) electrons. The number of hydrogen-bond acceptors (Lipinski definition) is 8. The molecule has 23 heavy (non-hydrogen) atoms. The van der Waals surface area contributed by atoms with Crippen molar-refractivity contribution in [2.75, 3.05) is 7.11 Å². The maximum absolute atomic E-state index is 11.6. The van der Waals surface area contributed by atoms with Gasteiger partial charge >= 0.3 is 5.95 Å². The van der Waals surface area contributed by atoms with E-state index in [4.69, 9.17) is 4.74 Å². The van der Waals surface area contributed by atoms with Crippen LogP contribution in [-0.4, -0.2) is 44.0 Å². The molecule has 11 heteroatoms. The zero-order valence-corrected chi connectivity index (χ0v) is 11.9. The second-order valence-electron chi connectivity index (χ2n) is 4.22. The number of nitrogens with one attached hydrogen (secondary N) is 1. The average molecular weight is 320 g/mol. The number of carbonyl (C=O) groups excluding carboxylic acids is 1. The predicted molar refractivity (Wildman–Crippen MR) is 77.1 cm³/mol. The molecule has 0 aliphatic rings. The fourth-order valence-electron chi connectivity index (χ4n) is 1.58. The summed E-state index contributed by atoms with van der Waals surface area (Å²) in [5.41, 5.74) is 2.83. The molecule has 0 atom stereocenters. The van der Waals surface area contributed by atoms with Crippen molar-refractivity contribution in [3.8, 4) is 11.5 Å². The lowest BCUT2D eigenvalue weighted by Crippen LogP contribution is -2.23. The minimum Gasteiger partial charge on any atom is -0.504 e. The molecule has 2 rings (SSSR count). The number of nitro groups is 1. The minimum absolute atomic E-state index is 0.0125. The Bertz CT molecular complexity index is 756. The summed E-state index contributed by atoms with van der Waals surface area (Å²) in [6.45, 7) is -0.267. The first-order chi connectivity index (χ1) is 11.0. The molecule has 0 fully saturated rings. The first-order valence-electron chi connectivity index (χ1n) is 6.22. The Morgan fingerprint density at radius 3 is 3.04 bits per heavy atom. The third-order valence-electron chi connectivity index (χ3n) is 2.60. The summed E-state index contributed by atoms with van der Waals surface area (Å²) in [5.74, 6) is -0.860. The van der Waals surface area contributed by atoms with Crippen molar-refractivity contribution in [1.29, 1.82) is 0 Å². The number of rotatable bonds is 6. The van der Waals surface area contributed by atoms with Crippen molar-refractivity contribution >= 4 is 18.1 Å². The molecule has 2 aromatic rings. The lowest BCUT2D eigenvalue weighted by atomic mass is 10.2. The molecular weight excluding hydrogens is 308 g/mol. The first-order valence-corrected chi connectivity index (χ1v) is 6.22. The van der Waals surface area contributed by atoms with Crippen LogP contribution in [0.4, 0.5) is 5.95 Å². The zero-order valence-electron chi connectivity index (χ0n) is 11.9. The van der Waals surface area contributed by atoms with Crippen LogP contribution in [0.5, 0.6) is 11.5 Å². The van der Waals surface area contributed by atoms with Crippen LogP contribution < -0.4 is 10.2 Å². The Hall–Kier alpha value is -3.50. The quantitative estimate of drug-likeness (QED) is 0.434. The summed E-state index contributed by atoms with van der Waals surface area (Å²) in [7, 11) is 1.41. The van der Waals surface area contributed by atoms with Gasteiger partial charge in [-0.2, -0.15) is 9.78 Å². The zero-order chi connectivity index (χ0) is 16.8. The summed E-state index contributed by atoms with van der Waals surface area (Å²) in [5, 5.41) is 27.1. The Morgan fingerprint density at radius 1 is 1.61 bits per heavy atom. The van der Waals surface area contributed by atoms with E-state index in [-0.39, 0.29) is 18.0 Å². The summed E-state index contributed by atoms with van der Waals surface area (Å²) in [4.78, 5) is 24.7. The molecule has 0 saturated carbocycles. The number of hydrogen-bond donors (Lipinski definition) is 2. The molecule has 1 aromatic heterocycles. The number of carbonyl (C=O) groups is 1. The number of hydrazone groups is 1. The molecule has 0 aliphatic heterocycles. The highest BCUT2D eigenvalue weighted by Gasteiger charge is 2.14. The van der Waals surface area contributed by atoms with E-state index in [2.05, 4.69) is 20.6 Å². The third-order valence-corrected chi connectivity index (χ3v) is 2.60. The predicted octanol–water partition coefficient (Wildman–Crippen LogP) is 0.0508. The van der Waals surface area contributed by atoms with Crippen molar-refractivity contribution in [3.63, 3.8) is 0 Å². The summed E-state index contributed by atoms with van der Waals surface area (Å²) >= 11 is 0. The van der Waals surface area contributed by atoms with Gasteiger partial charge in [-0.15, -0.1) is 0 Å². The van der Waals surface area contributed by atoms with Crippen molar-refractivity contribution in [3.05, 3.63) is 40.2 Å². The van der Waals surface area contributed by atoms with Gasteiger partial charge in [0.1, 0.15) is 6.54 Å². The van der Waals surface area contributed by atoms with Gasteiger partial charge in [-0.1, -0.05) is 4.98 Å². The van der Waals surface area contributed by atoms with Gasteiger partial charge in [0.05, 0.1) is 13.3 Å². The number of phenols is 1. The van der Waals surface area contributed by atoms with Crippen LogP contribution in [-0.2, 0) is 11.3 Å². The van der Waals surface area contributed by atoms with Gasteiger partial charge in [-0.05, 0) is 28.7 Å². The van der Waals surface area contributed by atoms with Crippen molar-refractivity contribution in [1.82, 2.24) is 20.2 Å². The Balaban J connectivity index is 1.91. The van der Waals surface area contributed by atoms with E-state index in [1.165, 1.54) is 25.5 Å². The highest BCUT2D eigenvalue weighted by atomic mass is 16.6. The van der Waals surface area contributed by atoms with Crippen molar-refractivity contribution in [2.45, 2.75) is 6.54 Å².